The van der Waals surface area contributed by atoms with Gasteiger partial charge in [-0.25, -0.2) is 12.4 Å². The van der Waals surface area contributed by atoms with Crippen LogP contribution in [0.25, 0.3) is 10.9 Å². The van der Waals surface area contributed by atoms with Crippen LogP contribution in [0.5, 0.6) is 0 Å². The number of likely N-dealkylation sites (N-methyl/N-ethyl adjacent to an activating group) is 1. The van der Waals surface area contributed by atoms with Crippen molar-refractivity contribution >= 4 is 33.1 Å². The van der Waals surface area contributed by atoms with E-state index in [2.05, 4.69) is 22.9 Å². The van der Waals surface area contributed by atoms with E-state index in [0.29, 0.717) is 4.90 Å². The van der Waals surface area contributed by atoms with Crippen molar-refractivity contribution in [3.8, 4) is 0 Å². The Kier molecular flexibility index (Phi) is 6.01. The SMILES string of the molecule is CN1CCN(c2ccc3ccn(S(=O)(=O)c4ccccc4)c3c2)CC1.O=CO. The third-order valence-corrected chi connectivity index (χ3v) is 6.51. The average molecular weight is 401 g/mol. The lowest BCUT2D eigenvalue weighted by atomic mass is 10.2. The second-order valence-corrected chi connectivity index (χ2v) is 8.38. The molecule has 7 nitrogen and oxygen atoms in total. The highest BCUT2D eigenvalue weighted by Gasteiger charge is 2.20. The summed E-state index contributed by atoms with van der Waals surface area (Å²) in [5.74, 6) is 0. The first-order valence-corrected chi connectivity index (χ1v) is 10.3. The number of carboxylic acid groups (broad SMARTS) is 1. The summed E-state index contributed by atoms with van der Waals surface area (Å²) in [5, 5.41) is 7.82. The highest BCUT2D eigenvalue weighted by molar-refractivity contribution is 7.90. The van der Waals surface area contributed by atoms with Crippen molar-refractivity contribution in [2.75, 3.05) is 38.1 Å². The van der Waals surface area contributed by atoms with Gasteiger partial charge in [0.1, 0.15) is 0 Å². The minimum atomic E-state index is -3.59. The Labute approximate surface area is 164 Å². The number of carbonyl (C=O) groups is 1. The van der Waals surface area contributed by atoms with Crippen LogP contribution in [0.15, 0.2) is 65.7 Å². The normalized spacial score (nSPS) is 15.1. The summed E-state index contributed by atoms with van der Waals surface area (Å²) in [5.41, 5.74) is 1.80. The molecule has 1 N–H and O–H groups in total. The van der Waals surface area contributed by atoms with Crippen LogP contribution in [-0.4, -0.2) is 62.1 Å². The molecule has 1 aromatic heterocycles. The maximum atomic E-state index is 13.0. The molecule has 1 saturated heterocycles. The van der Waals surface area contributed by atoms with Gasteiger partial charge in [-0.3, -0.25) is 4.79 Å². The van der Waals surface area contributed by atoms with E-state index < -0.39 is 10.0 Å². The summed E-state index contributed by atoms with van der Waals surface area (Å²) in [4.78, 5) is 13.3. The predicted octanol–water partition coefficient (Wildman–Crippen LogP) is 2.33. The molecule has 148 valence electrons. The van der Waals surface area contributed by atoms with Gasteiger partial charge in [-0.1, -0.05) is 24.3 Å². The predicted molar refractivity (Wildman–Crippen MR) is 109 cm³/mol. The lowest BCUT2D eigenvalue weighted by Gasteiger charge is -2.34. The van der Waals surface area contributed by atoms with E-state index in [1.54, 1.807) is 30.5 Å². The van der Waals surface area contributed by atoms with Crippen molar-refractivity contribution in [1.29, 1.82) is 0 Å². The Bertz CT molecular complexity index is 1040. The number of hydrogen-bond acceptors (Lipinski definition) is 5. The zero-order valence-electron chi connectivity index (χ0n) is 15.6. The molecule has 1 aliphatic rings. The Morgan fingerprint density at radius 3 is 2.25 bits per heavy atom. The van der Waals surface area contributed by atoms with Crippen molar-refractivity contribution < 1.29 is 18.3 Å². The van der Waals surface area contributed by atoms with Crippen LogP contribution in [-0.2, 0) is 14.8 Å². The van der Waals surface area contributed by atoms with Crippen molar-refractivity contribution in [3.05, 3.63) is 60.8 Å². The van der Waals surface area contributed by atoms with Gasteiger partial charge in [-0.2, -0.15) is 0 Å². The van der Waals surface area contributed by atoms with Crippen molar-refractivity contribution in [3.63, 3.8) is 0 Å². The summed E-state index contributed by atoms with van der Waals surface area (Å²) in [6.07, 6.45) is 1.64. The zero-order chi connectivity index (χ0) is 20.1. The zero-order valence-corrected chi connectivity index (χ0v) is 16.4. The Balaban J connectivity index is 0.000000706. The van der Waals surface area contributed by atoms with E-state index in [1.165, 1.54) is 3.97 Å². The molecule has 2 aromatic carbocycles. The van der Waals surface area contributed by atoms with Crippen LogP contribution in [0.1, 0.15) is 0 Å². The fourth-order valence-corrected chi connectivity index (χ4v) is 4.64. The van der Waals surface area contributed by atoms with Gasteiger partial charge in [-0.05, 0) is 37.4 Å². The van der Waals surface area contributed by atoms with Crippen LogP contribution < -0.4 is 4.90 Å². The monoisotopic (exact) mass is 401 g/mol. The van der Waals surface area contributed by atoms with Gasteiger partial charge in [-0.15, -0.1) is 0 Å². The molecule has 1 fully saturated rings. The molecule has 0 bridgehead atoms. The third-order valence-electron chi connectivity index (χ3n) is 4.81. The number of nitrogens with zero attached hydrogens (tertiary/aromatic N) is 3. The molecule has 0 saturated carbocycles. The van der Waals surface area contributed by atoms with Crippen LogP contribution in [0.4, 0.5) is 5.69 Å². The van der Waals surface area contributed by atoms with E-state index in [-0.39, 0.29) is 6.47 Å². The highest BCUT2D eigenvalue weighted by Crippen LogP contribution is 2.27. The molecule has 3 aromatic rings. The standard InChI is InChI=1S/C19H21N3O2S.CH2O2/c1-20-11-13-21(14-12-20)17-8-7-16-9-10-22(19(16)15-17)25(23,24)18-5-3-2-4-6-18;2-1-3/h2-10,15H,11-14H2,1H3;1H,(H,2,3). The van der Waals surface area contributed by atoms with E-state index in [9.17, 15) is 8.42 Å². The molecule has 0 unspecified atom stereocenters. The number of hydrogen-bond donors (Lipinski definition) is 1. The van der Waals surface area contributed by atoms with E-state index >= 15 is 0 Å². The average Bonchev–Trinajstić information content (AvgIpc) is 3.14. The van der Waals surface area contributed by atoms with Gasteiger partial charge in [0, 0.05) is 43.4 Å². The molecule has 2 heterocycles. The maximum absolute atomic E-state index is 13.0. The summed E-state index contributed by atoms with van der Waals surface area (Å²) < 4.78 is 27.4. The van der Waals surface area contributed by atoms with Crippen molar-refractivity contribution in [2.45, 2.75) is 4.90 Å². The van der Waals surface area contributed by atoms with Crippen LogP contribution in [0.2, 0.25) is 0 Å². The molecule has 0 spiro atoms. The quantitative estimate of drug-likeness (QED) is 0.679. The first kappa shape index (κ1) is 19.9. The molecular formula is C20H23N3O4S. The second kappa shape index (κ2) is 8.45. The number of aromatic nitrogens is 1. The Morgan fingerprint density at radius 1 is 0.964 bits per heavy atom. The van der Waals surface area contributed by atoms with Gasteiger partial charge in [0.05, 0.1) is 10.4 Å². The Morgan fingerprint density at radius 2 is 1.61 bits per heavy atom. The molecule has 0 radical (unpaired) electrons. The summed E-state index contributed by atoms with van der Waals surface area (Å²) in [6, 6.07) is 16.5. The van der Waals surface area contributed by atoms with Crippen LogP contribution in [0.3, 0.4) is 0 Å². The van der Waals surface area contributed by atoms with E-state index in [1.807, 2.05) is 24.3 Å². The van der Waals surface area contributed by atoms with Crippen LogP contribution in [0, 0.1) is 0 Å². The summed E-state index contributed by atoms with van der Waals surface area (Å²) >= 11 is 0. The van der Waals surface area contributed by atoms with Gasteiger partial charge >= 0.3 is 0 Å². The molecule has 0 aliphatic carbocycles. The molecule has 8 heteroatoms. The maximum Gasteiger partial charge on any atom is 0.290 e. The highest BCUT2D eigenvalue weighted by atomic mass is 32.2. The number of piperazine rings is 1. The molecule has 0 atom stereocenters. The first-order chi connectivity index (χ1) is 13.5. The van der Waals surface area contributed by atoms with Gasteiger partial charge in [0.2, 0.25) is 0 Å². The fourth-order valence-electron chi connectivity index (χ4n) is 3.27. The van der Waals surface area contributed by atoms with Gasteiger partial charge in [0.15, 0.2) is 0 Å². The van der Waals surface area contributed by atoms with Crippen molar-refractivity contribution in [2.24, 2.45) is 0 Å². The minimum absolute atomic E-state index is 0.250. The second-order valence-electron chi connectivity index (χ2n) is 6.57. The summed E-state index contributed by atoms with van der Waals surface area (Å²) in [7, 11) is -1.47. The van der Waals surface area contributed by atoms with Gasteiger partial charge < -0.3 is 14.9 Å². The summed E-state index contributed by atoms with van der Waals surface area (Å²) in [6.45, 7) is 3.69. The lowest BCUT2D eigenvalue weighted by Crippen LogP contribution is -2.44. The largest absolute Gasteiger partial charge is 0.483 e. The third kappa shape index (κ3) is 4.02. The van der Waals surface area contributed by atoms with Crippen LogP contribution >= 0.6 is 0 Å². The smallest absolute Gasteiger partial charge is 0.290 e. The van der Waals surface area contributed by atoms with Crippen molar-refractivity contribution in [1.82, 2.24) is 8.87 Å². The number of benzene rings is 2. The molecular weight excluding hydrogens is 378 g/mol. The van der Waals surface area contributed by atoms with E-state index in [4.69, 9.17) is 9.90 Å². The first-order valence-electron chi connectivity index (χ1n) is 8.90. The Hall–Kier alpha value is -2.84. The molecule has 28 heavy (non-hydrogen) atoms. The lowest BCUT2D eigenvalue weighted by molar-refractivity contribution is -0.122. The van der Waals surface area contributed by atoms with E-state index in [0.717, 1.165) is 42.8 Å². The fraction of sp³-hybridized carbons (Fsp3) is 0.250. The van der Waals surface area contributed by atoms with Gasteiger partial charge in [0.25, 0.3) is 16.5 Å². The minimum Gasteiger partial charge on any atom is -0.483 e. The number of anilines is 1. The number of fused-ring (bicyclic) bond motifs is 1. The molecule has 1 aliphatic heterocycles. The topological polar surface area (TPSA) is 82.8 Å². The molecule has 4 rings (SSSR count). The molecule has 0 amide bonds. The number of rotatable bonds is 3.